The molecule has 0 bridgehead atoms. The first-order valence-corrected chi connectivity index (χ1v) is 20.4. The minimum absolute atomic E-state index is 0.587. The van der Waals surface area contributed by atoms with Crippen molar-refractivity contribution >= 4 is 0 Å². The lowest BCUT2D eigenvalue weighted by atomic mass is 9.91. The zero-order chi connectivity index (χ0) is 41.8. The topological polar surface area (TPSA) is 103 Å². The first kappa shape index (κ1) is 37.9. The second kappa shape index (κ2) is 16.7. The Labute approximate surface area is 359 Å². The summed E-state index contributed by atoms with van der Waals surface area (Å²) in [5.41, 5.74) is 14.0. The molecule has 294 valence electrons. The maximum Gasteiger partial charge on any atom is 0.164 e. The van der Waals surface area contributed by atoms with Crippen molar-refractivity contribution in [2.75, 3.05) is 0 Å². The van der Waals surface area contributed by atoms with Gasteiger partial charge in [-0.2, -0.15) is 0 Å². The number of nitrogens with zero attached hydrogens (tertiary/aromatic N) is 8. The Hall–Kier alpha value is -8.36. The molecular formula is C54H38N8. The number of rotatable bonds is 9. The van der Waals surface area contributed by atoms with Crippen LogP contribution in [-0.4, -0.2) is 39.9 Å². The molecule has 4 aromatic heterocycles. The summed E-state index contributed by atoms with van der Waals surface area (Å²) in [5, 5.41) is 0. The van der Waals surface area contributed by atoms with E-state index in [1.54, 1.807) is 12.4 Å². The molecule has 0 atom stereocenters. The quantitative estimate of drug-likeness (QED) is 0.142. The summed E-state index contributed by atoms with van der Waals surface area (Å²) in [5.74, 6) is 3.11. The molecule has 0 radical (unpaired) electrons. The van der Waals surface area contributed by atoms with Crippen LogP contribution >= 0.6 is 0 Å². The van der Waals surface area contributed by atoms with Crippen molar-refractivity contribution in [2.45, 2.75) is 13.8 Å². The Bertz CT molecular complexity index is 3060. The largest absolute Gasteiger partial charge is 0.265 e. The molecule has 8 nitrogen and oxygen atoms in total. The zero-order valence-corrected chi connectivity index (χ0v) is 34.1. The van der Waals surface area contributed by atoms with Crippen LogP contribution in [-0.2, 0) is 0 Å². The van der Waals surface area contributed by atoms with Crippen molar-refractivity contribution in [1.29, 1.82) is 0 Å². The zero-order valence-electron chi connectivity index (χ0n) is 34.1. The highest BCUT2D eigenvalue weighted by atomic mass is 15.0. The van der Waals surface area contributed by atoms with E-state index in [2.05, 4.69) is 83.8 Å². The van der Waals surface area contributed by atoms with E-state index in [0.717, 1.165) is 84.0 Å². The average Bonchev–Trinajstić information content (AvgIpc) is 3.34. The molecule has 4 heterocycles. The van der Waals surface area contributed by atoms with Gasteiger partial charge in [0.2, 0.25) is 0 Å². The van der Waals surface area contributed by atoms with E-state index >= 15 is 0 Å². The van der Waals surface area contributed by atoms with Gasteiger partial charge in [0.25, 0.3) is 0 Å². The van der Waals surface area contributed by atoms with Crippen LogP contribution < -0.4 is 0 Å². The standard InChI is InChI=1S/C54H38N8/c1-35-30-36(2)57-52(56-35)45-24-25-46(41-20-12-23-44(31-41)54-61-50(39-16-8-4-9-17-39)60-51(62-54)40-18-10-5-11-19-40)47(33-45)42-21-13-22-43(32-42)53-58-48(37-14-6-3-7-15-37)34-49(59-53)38-26-28-55-29-27-38/h3-34H,1-2H3. The van der Waals surface area contributed by atoms with Gasteiger partial charge in [-0.1, -0.05) is 140 Å². The second-order valence-electron chi connectivity index (χ2n) is 15.0. The summed E-state index contributed by atoms with van der Waals surface area (Å²) in [4.78, 5) is 39.2. The van der Waals surface area contributed by atoms with E-state index in [-0.39, 0.29) is 0 Å². The number of hydrogen-bond acceptors (Lipinski definition) is 8. The smallest absolute Gasteiger partial charge is 0.164 e. The van der Waals surface area contributed by atoms with E-state index in [1.807, 2.05) is 117 Å². The van der Waals surface area contributed by atoms with Crippen LogP contribution in [0.5, 0.6) is 0 Å². The van der Waals surface area contributed by atoms with Crippen LogP contribution in [0.4, 0.5) is 0 Å². The van der Waals surface area contributed by atoms with Gasteiger partial charge in [0.1, 0.15) is 0 Å². The second-order valence-corrected chi connectivity index (χ2v) is 15.0. The van der Waals surface area contributed by atoms with Gasteiger partial charge in [-0.15, -0.1) is 0 Å². The molecule has 0 aliphatic carbocycles. The molecule has 0 fully saturated rings. The highest BCUT2D eigenvalue weighted by Crippen LogP contribution is 2.38. The first-order valence-electron chi connectivity index (χ1n) is 20.4. The molecule has 0 N–H and O–H groups in total. The van der Waals surface area contributed by atoms with E-state index in [0.29, 0.717) is 29.1 Å². The summed E-state index contributed by atoms with van der Waals surface area (Å²) in [6.07, 6.45) is 3.57. The number of hydrogen-bond donors (Lipinski definition) is 0. The number of pyridine rings is 1. The summed E-state index contributed by atoms with van der Waals surface area (Å²) in [6, 6.07) is 61.5. The maximum absolute atomic E-state index is 5.14. The molecule has 0 aliphatic rings. The van der Waals surface area contributed by atoms with E-state index in [4.69, 9.17) is 34.9 Å². The molecule has 10 aromatic rings. The van der Waals surface area contributed by atoms with Gasteiger partial charge in [-0.25, -0.2) is 34.9 Å². The molecule has 8 heteroatoms. The van der Waals surface area contributed by atoms with E-state index in [9.17, 15) is 0 Å². The Morgan fingerprint density at radius 2 is 0.661 bits per heavy atom. The van der Waals surface area contributed by atoms with Crippen molar-refractivity contribution < 1.29 is 0 Å². The van der Waals surface area contributed by atoms with Gasteiger partial charge >= 0.3 is 0 Å². The molecule has 0 spiro atoms. The molecule has 0 aliphatic heterocycles. The highest BCUT2D eigenvalue weighted by molar-refractivity contribution is 5.89. The lowest BCUT2D eigenvalue weighted by molar-refractivity contribution is 1.06. The van der Waals surface area contributed by atoms with Crippen LogP contribution in [0.15, 0.2) is 194 Å². The molecular weight excluding hydrogens is 761 g/mol. The van der Waals surface area contributed by atoms with Crippen LogP contribution in [0.1, 0.15) is 11.4 Å². The Morgan fingerprint density at radius 3 is 1.21 bits per heavy atom. The number of benzene rings is 6. The Morgan fingerprint density at radius 1 is 0.258 bits per heavy atom. The van der Waals surface area contributed by atoms with Crippen molar-refractivity contribution in [3.05, 3.63) is 206 Å². The summed E-state index contributed by atoms with van der Waals surface area (Å²) >= 11 is 0. The maximum atomic E-state index is 5.14. The van der Waals surface area contributed by atoms with Crippen molar-refractivity contribution in [1.82, 2.24) is 39.9 Å². The Balaban J connectivity index is 1.13. The fourth-order valence-corrected chi connectivity index (χ4v) is 7.62. The average molecular weight is 799 g/mol. The van der Waals surface area contributed by atoms with E-state index < -0.39 is 0 Å². The number of aromatic nitrogens is 8. The first-order chi connectivity index (χ1) is 30.5. The molecule has 10 rings (SSSR count). The lowest BCUT2D eigenvalue weighted by Gasteiger charge is -2.15. The predicted octanol–water partition coefficient (Wildman–Crippen LogP) is 12.5. The monoisotopic (exact) mass is 798 g/mol. The molecule has 6 aromatic carbocycles. The molecule has 0 saturated heterocycles. The van der Waals surface area contributed by atoms with Crippen LogP contribution in [0, 0.1) is 13.8 Å². The summed E-state index contributed by atoms with van der Waals surface area (Å²) in [6.45, 7) is 4.00. The van der Waals surface area contributed by atoms with Crippen LogP contribution in [0.25, 0.3) is 102 Å². The minimum atomic E-state index is 0.587. The van der Waals surface area contributed by atoms with Gasteiger partial charge in [0.05, 0.1) is 11.4 Å². The highest BCUT2D eigenvalue weighted by Gasteiger charge is 2.18. The third kappa shape index (κ3) is 8.00. The van der Waals surface area contributed by atoms with Crippen molar-refractivity contribution in [3.8, 4) is 102 Å². The molecule has 0 saturated carbocycles. The van der Waals surface area contributed by atoms with Crippen LogP contribution in [0.2, 0.25) is 0 Å². The predicted molar refractivity (Wildman–Crippen MR) is 247 cm³/mol. The third-order valence-electron chi connectivity index (χ3n) is 10.6. The fraction of sp³-hybridized carbons (Fsp3) is 0.0370. The Kier molecular flexibility index (Phi) is 10.2. The molecule has 0 unspecified atom stereocenters. The van der Waals surface area contributed by atoms with Gasteiger partial charge in [-0.05, 0) is 78.6 Å². The van der Waals surface area contributed by atoms with E-state index in [1.165, 1.54) is 0 Å². The normalized spacial score (nSPS) is 11.1. The van der Waals surface area contributed by atoms with Gasteiger partial charge in [-0.3, -0.25) is 4.98 Å². The third-order valence-corrected chi connectivity index (χ3v) is 10.6. The lowest BCUT2D eigenvalue weighted by Crippen LogP contribution is -2.00. The summed E-state index contributed by atoms with van der Waals surface area (Å²) < 4.78 is 0. The SMILES string of the molecule is Cc1cc(C)nc(-c2ccc(-c3cccc(-c4nc(-c5ccccc5)nc(-c5ccccc5)n4)c3)c(-c3cccc(-c4nc(-c5ccccc5)cc(-c5ccncc5)n4)c3)c2)n1. The molecule has 62 heavy (non-hydrogen) atoms. The number of aryl methyl sites for hydroxylation is 2. The van der Waals surface area contributed by atoms with Crippen molar-refractivity contribution in [3.63, 3.8) is 0 Å². The van der Waals surface area contributed by atoms with Crippen molar-refractivity contribution in [2.24, 2.45) is 0 Å². The fourth-order valence-electron chi connectivity index (χ4n) is 7.62. The van der Waals surface area contributed by atoms with Crippen LogP contribution in [0.3, 0.4) is 0 Å². The minimum Gasteiger partial charge on any atom is -0.265 e. The van der Waals surface area contributed by atoms with Gasteiger partial charge in [0.15, 0.2) is 29.1 Å². The van der Waals surface area contributed by atoms with Gasteiger partial charge in [0, 0.05) is 62.7 Å². The summed E-state index contributed by atoms with van der Waals surface area (Å²) in [7, 11) is 0. The molecule has 0 amide bonds. The van der Waals surface area contributed by atoms with Gasteiger partial charge < -0.3 is 0 Å².